The number of thiophene rings is 1. The van der Waals surface area contributed by atoms with Crippen molar-refractivity contribution < 1.29 is 14.3 Å². The van der Waals surface area contributed by atoms with Crippen LogP contribution in [0.15, 0.2) is 36.4 Å². The van der Waals surface area contributed by atoms with Crippen LogP contribution in [-0.4, -0.2) is 59.4 Å². The molecule has 2 aliphatic rings. The maximum atomic E-state index is 13.1. The Morgan fingerprint density at radius 2 is 1.82 bits per heavy atom. The summed E-state index contributed by atoms with van der Waals surface area (Å²) in [5.41, 5.74) is 3.36. The number of para-hydroxylation sites is 1. The standard InChI is InChI=1S/C25H26ClN3O3S/c26-22-10-9-17(33-22)15-28-11-13-29(14-12-28)23(30)16-32-25(31)24-18-5-1-3-7-20(18)27-21-8-4-2-6-19(21)24/h1,3,5,7,9-10H,2,4,6,8,11-16H2. The monoisotopic (exact) mass is 483 g/mol. The largest absolute Gasteiger partial charge is 0.452 e. The number of amides is 1. The molecule has 1 aromatic carbocycles. The lowest BCUT2D eigenvalue weighted by Crippen LogP contribution is -2.49. The van der Waals surface area contributed by atoms with Gasteiger partial charge in [0.05, 0.1) is 15.4 Å². The summed E-state index contributed by atoms with van der Waals surface area (Å²) in [6, 6.07) is 11.6. The van der Waals surface area contributed by atoms with Crippen LogP contribution in [0, 0.1) is 0 Å². The van der Waals surface area contributed by atoms with Crippen molar-refractivity contribution in [2.75, 3.05) is 32.8 Å². The van der Waals surface area contributed by atoms with Crippen LogP contribution in [0.25, 0.3) is 10.9 Å². The molecular formula is C25H26ClN3O3S. The van der Waals surface area contributed by atoms with Crippen molar-refractivity contribution in [1.29, 1.82) is 0 Å². The first-order chi connectivity index (χ1) is 16.1. The van der Waals surface area contributed by atoms with Crippen molar-refractivity contribution in [1.82, 2.24) is 14.8 Å². The fourth-order valence-corrected chi connectivity index (χ4v) is 5.84. The van der Waals surface area contributed by atoms with Gasteiger partial charge in [-0.1, -0.05) is 29.8 Å². The number of halogens is 1. The highest BCUT2D eigenvalue weighted by Gasteiger charge is 2.26. The molecule has 3 aromatic rings. The summed E-state index contributed by atoms with van der Waals surface area (Å²) < 4.78 is 6.35. The number of benzene rings is 1. The Morgan fingerprint density at radius 1 is 1.03 bits per heavy atom. The van der Waals surface area contributed by atoms with E-state index in [0.717, 1.165) is 71.8 Å². The summed E-state index contributed by atoms with van der Waals surface area (Å²) in [5.74, 6) is -0.567. The van der Waals surface area contributed by atoms with E-state index in [1.54, 1.807) is 16.2 Å². The zero-order chi connectivity index (χ0) is 22.8. The third-order valence-corrected chi connectivity index (χ3v) is 7.65. The molecule has 3 heterocycles. The van der Waals surface area contributed by atoms with Crippen molar-refractivity contribution in [2.45, 2.75) is 32.2 Å². The van der Waals surface area contributed by atoms with Crippen molar-refractivity contribution >= 4 is 45.7 Å². The van der Waals surface area contributed by atoms with Crippen molar-refractivity contribution in [3.05, 3.63) is 62.4 Å². The Labute approximate surface area is 202 Å². The summed E-state index contributed by atoms with van der Waals surface area (Å²) in [7, 11) is 0. The summed E-state index contributed by atoms with van der Waals surface area (Å²) in [6.07, 6.45) is 3.81. The first-order valence-corrected chi connectivity index (χ1v) is 12.6. The number of aryl methyl sites for hydroxylation is 1. The molecule has 1 fully saturated rings. The van der Waals surface area contributed by atoms with Crippen molar-refractivity contribution in [3.63, 3.8) is 0 Å². The molecule has 0 unspecified atom stereocenters. The van der Waals surface area contributed by atoms with Gasteiger partial charge in [0.25, 0.3) is 5.91 Å². The SMILES string of the molecule is O=C(OCC(=O)N1CCN(Cc2ccc(Cl)s2)CC1)c1c2c(nc3ccccc13)CCCC2. The number of aromatic nitrogens is 1. The Kier molecular flexibility index (Phi) is 6.62. The van der Waals surface area contributed by atoms with Gasteiger partial charge >= 0.3 is 5.97 Å². The number of rotatable bonds is 5. The van der Waals surface area contributed by atoms with E-state index in [1.807, 2.05) is 36.4 Å². The average molecular weight is 484 g/mol. The Hall–Kier alpha value is -2.48. The van der Waals surface area contributed by atoms with E-state index in [-0.39, 0.29) is 12.5 Å². The maximum Gasteiger partial charge on any atom is 0.339 e. The van der Waals surface area contributed by atoms with Gasteiger partial charge in [-0.05, 0) is 49.4 Å². The highest BCUT2D eigenvalue weighted by molar-refractivity contribution is 7.16. The second kappa shape index (κ2) is 9.79. The molecule has 6 nitrogen and oxygen atoms in total. The van der Waals surface area contributed by atoms with Gasteiger partial charge in [-0.25, -0.2) is 4.79 Å². The summed E-state index contributed by atoms with van der Waals surface area (Å²) in [4.78, 5) is 36.0. The van der Waals surface area contributed by atoms with Gasteiger partial charge in [0, 0.05) is 48.7 Å². The summed E-state index contributed by atoms with van der Waals surface area (Å²) in [5, 5.41) is 0.804. The summed E-state index contributed by atoms with van der Waals surface area (Å²) in [6.45, 7) is 3.45. The molecule has 172 valence electrons. The summed E-state index contributed by atoms with van der Waals surface area (Å²) >= 11 is 7.61. The van der Waals surface area contributed by atoms with Crippen LogP contribution in [0.2, 0.25) is 4.34 Å². The topological polar surface area (TPSA) is 62.7 Å². The molecule has 0 saturated carbocycles. The number of nitrogens with zero attached hydrogens (tertiary/aromatic N) is 3. The zero-order valence-electron chi connectivity index (χ0n) is 18.4. The van der Waals surface area contributed by atoms with Gasteiger partial charge in [-0.3, -0.25) is 14.7 Å². The van der Waals surface area contributed by atoms with Crippen molar-refractivity contribution in [2.24, 2.45) is 0 Å². The van der Waals surface area contributed by atoms with E-state index in [0.29, 0.717) is 18.7 Å². The van der Waals surface area contributed by atoms with E-state index < -0.39 is 5.97 Å². The molecule has 1 saturated heterocycles. The number of esters is 1. The first-order valence-electron chi connectivity index (χ1n) is 11.4. The smallest absolute Gasteiger partial charge is 0.339 e. The quantitative estimate of drug-likeness (QED) is 0.505. The molecule has 0 radical (unpaired) electrons. The zero-order valence-corrected chi connectivity index (χ0v) is 20.0. The molecule has 1 aliphatic carbocycles. The second-order valence-electron chi connectivity index (χ2n) is 8.58. The van der Waals surface area contributed by atoms with E-state index in [9.17, 15) is 9.59 Å². The predicted octanol–water partition coefficient (Wildman–Crippen LogP) is 4.33. The Bertz CT molecular complexity index is 1190. The van der Waals surface area contributed by atoms with E-state index in [2.05, 4.69) is 4.90 Å². The van der Waals surface area contributed by atoms with Crippen molar-refractivity contribution in [3.8, 4) is 0 Å². The number of piperazine rings is 1. The molecule has 1 amide bonds. The van der Waals surface area contributed by atoms with Crippen LogP contribution in [-0.2, 0) is 28.9 Å². The van der Waals surface area contributed by atoms with Crippen LogP contribution >= 0.6 is 22.9 Å². The Balaban J connectivity index is 1.21. The maximum absolute atomic E-state index is 13.1. The molecular weight excluding hydrogens is 458 g/mol. The van der Waals surface area contributed by atoms with E-state index >= 15 is 0 Å². The van der Waals surface area contributed by atoms with Crippen LogP contribution < -0.4 is 0 Å². The van der Waals surface area contributed by atoms with Crippen LogP contribution in [0.3, 0.4) is 0 Å². The molecule has 0 atom stereocenters. The van der Waals surface area contributed by atoms with Crippen LogP contribution in [0.1, 0.15) is 39.3 Å². The highest BCUT2D eigenvalue weighted by atomic mass is 35.5. The number of ether oxygens (including phenoxy) is 1. The normalized spacial score (nSPS) is 16.6. The molecule has 1 aliphatic heterocycles. The van der Waals surface area contributed by atoms with Gasteiger partial charge in [0.2, 0.25) is 0 Å². The lowest BCUT2D eigenvalue weighted by molar-refractivity contribution is -0.136. The van der Waals surface area contributed by atoms with Gasteiger partial charge in [-0.2, -0.15) is 0 Å². The molecule has 0 N–H and O–H groups in total. The van der Waals surface area contributed by atoms with Gasteiger partial charge in [-0.15, -0.1) is 11.3 Å². The molecule has 33 heavy (non-hydrogen) atoms. The highest BCUT2D eigenvalue weighted by Crippen LogP contribution is 2.30. The molecule has 5 rings (SSSR count). The third kappa shape index (κ3) is 4.90. The number of fused-ring (bicyclic) bond motifs is 2. The molecule has 8 heteroatoms. The van der Waals surface area contributed by atoms with E-state index in [4.69, 9.17) is 21.3 Å². The number of carbonyl (C=O) groups is 2. The predicted molar refractivity (Wildman–Crippen MR) is 130 cm³/mol. The van der Waals surface area contributed by atoms with E-state index in [1.165, 1.54) is 4.88 Å². The minimum Gasteiger partial charge on any atom is -0.452 e. The van der Waals surface area contributed by atoms with Crippen LogP contribution in [0.4, 0.5) is 0 Å². The van der Waals surface area contributed by atoms with Gasteiger partial charge in [0.1, 0.15) is 0 Å². The minimum absolute atomic E-state index is 0.144. The number of hydrogen-bond donors (Lipinski definition) is 0. The molecule has 0 spiro atoms. The number of pyridine rings is 1. The van der Waals surface area contributed by atoms with Gasteiger partial charge in [0.15, 0.2) is 6.61 Å². The third-order valence-electron chi connectivity index (χ3n) is 6.43. The van der Waals surface area contributed by atoms with Gasteiger partial charge < -0.3 is 9.64 Å². The fraction of sp³-hybridized carbons (Fsp3) is 0.400. The number of hydrogen-bond acceptors (Lipinski definition) is 6. The molecule has 2 aromatic heterocycles. The fourth-order valence-electron chi connectivity index (χ4n) is 4.71. The minimum atomic E-state index is -0.423. The van der Waals surface area contributed by atoms with Crippen LogP contribution in [0.5, 0.6) is 0 Å². The molecule has 0 bridgehead atoms. The Morgan fingerprint density at radius 3 is 2.61 bits per heavy atom. The average Bonchev–Trinajstić information content (AvgIpc) is 3.25. The lowest BCUT2D eigenvalue weighted by Gasteiger charge is -2.34. The second-order valence-corrected chi connectivity index (χ2v) is 10.4. The first kappa shape index (κ1) is 22.3. The number of carbonyl (C=O) groups excluding carboxylic acids is 2. The lowest BCUT2D eigenvalue weighted by atomic mass is 9.90.